The van der Waals surface area contributed by atoms with E-state index in [1.165, 1.54) is 12.3 Å². The summed E-state index contributed by atoms with van der Waals surface area (Å²) in [5.41, 5.74) is 1.07. The van der Waals surface area contributed by atoms with Crippen molar-refractivity contribution >= 4 is 26.0 Å². The Morgan fingerprint density at radius 1 is 1.16 bits per heavy atom. The van der Waals surface area contributed by atoms with Gasteiger partial charge in [-0.25, -0.2) is 18.1 Å². The summed E-state index contributed by atoms with van der Waals surface area (Å²) < 4.78 is 27.3. The van der Waals surface area contributed by atoms with E-state index in [1.807, 2.05) is 24.3 Å². The Morgan fingerprint density at radius 3 is 2.68 bits per heavy atom. The smallest absolute Gasteiger partial charge is 0.243 e. The van der Waals surface area contributed by atoms with Crippen LogP contribution in [0.25, 0.3) is 0 Å². The van der Waals surface area contributed by atoms with Crippen molar-refractivity contribution in [2.45, 2.75) is 11.4 Å². The third-order valence-corrected chi connectivity index (χ3v) is 4.38. The molecule has 0 aliphatic heterocycles. The van der Waals surface area contributed by atoms with E-state index in [0.717, 1.165) is 10.0 Å². The van der Waals surface area contributed by atoms with Crippen molar-refractivity contribution < 1.29 is 8.42 Å². The van der Waals surface area contributed by atoms with Gasteiger partial charge in [0.1, 0.15) is 0 Å². The Bertz CT molecular complexity index is 645. The van der Waals surface area contributed by atoms with Crippen LogP contribution in [0, 0.1) is 0 Å². The molecule has 1 aromatic carbocycles. The first kappa shape index (κ1) is 14.2. The van der Waals surface area contributed by atoms with Crippen LogP contribution in [0.3, 0.4) is 0 Å². The van der Waals surface area contributed by atoms with Gasteiger partial charge in [0.15, 0.2) is 5.03 Å². The minimum atomic E-state index is -3.51. The highest BCUT2D eigenvalue weighted by atomic mass is 79.9. The number of sulfonamides is 1. The van der Waals surface area contributed by atoms with E-state index >= 15 is 0 Å². The van der Waals surface area contributed by atoms with Crippen LogP contribution in [-0.2, 0) is 16.4 Å². The molecule has 2 aromatic rings. The predicted molar refractivity (Wildman–Crippen MR) is 77.3 cm³/mol. The lowest BCUT2D eigenvalue weighted by Gasteiger charge is -2.06. The molecule has 0 atom stereocenters. The summed E-state index contributed by atoms with van der Waals surface area (Å²) in [5, 5.41) is 0.0456. The Morgan fingerprint density at radius 2 is 2.00 bits per heavy atom. The van der Waals surface area contributed by atoms with Gasteiger partial charge < -0.3 is 0 Å². The minimum absolute atomic E-state index is 0.0456. The van der Waals surface area contributed by atoms with Gasteiger partial charge in [0.05, 0.1) is 0 Å². The maximum absolute atomic E-state index is 11.9. The zero-order valence-corrected chi connectivity index (χ0v) is 12.5. The number of aromatic nitrogens is 1. The first-order valence-corrected chi connectivity index (χ1v) is 8.01. The predicted octanol–water partition coefficient (Wildman–Crippen LogP) is 2.37. The molecule has 19 heavy (non-hydrogen) atoms. The molecule has 100 valence electrons. The second kappa shape index (κ2) is 6.27. The quantitative estimate of drug-likeness (QED) is 0.908. The molecule has 1 N–H and O–H groups in total. The van der Waals surface area contributed by atoms with Gasteiger partial charge in [-0.05, 0) is 36.2 Å². The molecule has 2 rings (SSSR count). The standard InChI is InChI=1S/C13H13BrN2O2S/c14-12-5-3-4-11(10-12)7-9-16-19(17,18)13-6-1-2-8-15-13/h1-6,8,10,16H,7,9H2. The molecule has 0 unspecified atom stereocenters. The van der Waals surface area contributed by atoms with E-state index in [-0.39, 0.29) is 5.03 Å². The van der Waals surface area contributed by atoms with E-state index in [2.05, 4.69) is 25.6 Å². The number of benzene rings is 1. The van der Waals surface area contributed by atoms with E-state index in [9.17, 15) is 8.42 Å². The van der Waals surface area contributed by atoms with Gasteiger partial charge in [0.2, 0.25) is 0 Å². The third kappa shape index (κ3) is 4.12. The van der Waals surface area contributed by atoms with Gasteiger partial charge in [-0.15, -0.1) is 0 Å². The summed E-state index contributed by atoms with van der Waals surface area (Å²) in [7, 11) is -3.51. The highest BCUT2D eigenvalue weighted by molar-refractivity contribution is 9.10. The molecule has 0 fully saturated rings. The van der Waals surface area contributed by atoms with Crippen LogP contribution in [0.1, 0.15) is 5.56 Å². The number of halogens is 1. The molecule has 0 saturated carbocycles. The molecule has 4 nitrogen and oxygen atoms in total. The number of rotatable bonds is 5. The molecule has 0 amide bonds. The van der Waals surface area contributed by atoms with Crippen LogP contribution >= 0.6 is 15.9 Å². The molecule has 0 spiro atoms. The fraction of sp³-hybridized carbons (Fsp3) is 0.154. The van der Waals surface area contributed by atoms with Crippen LogP contribution in [0.4, 0.5) is 0 Å². The minimum Gasteiger partial charge on any atom is -0.243 e. The van der Waals surface area contributed by atoms with Crippen molar-refractivity contribution in [1.29, 1.82) is 0 Å². The second-order valence-electron chi connectivity index (χ2n) is 3.95. The first-order valence-electron chi connectivity index (χ1n) is 5.73. The molecule has 1 aromatic heterocycles. The zero-order valence-electron chi connectivity index (χ0n) is 10.1. The lowest BCUT2D eigenvalue weighted by molar-refractivity contribution is 0.578. The second-order valence-corrected chi connectivity index (χ2v) is 6.58. The van der Waals surface area contributed by atoms with Crippen molar-refractivity contribution in [3.05, 3.63) is 58.7 Å². The van der Waals surface area contributed by atoms with Crippen molar-refractivity contribution in [2.75, 3.05) is 6.54 Å². The number of hydrogen-bond acceptors (Lipinski definition) is 3. The van der Waals surface area contributed by atoms with Gasteiger partial charge in [-0.3, -0.25) is 0 Å². The lowest BCUT2D eigenvalue weighted by atomic mass is 10.2. The SMILES string of the molecule is O=S(=O)(NCCc1cccc(Br)c1)c1ccccn1. The van der Waals surface area contributed by atoms with Gasteiger partial charge in [-0.2, -0.15) is 0 Å². The highest BCUT2D eigenvalue weighted by Crippen LogP contribution is 2.12. The Hall–Kier alpha value is -1.24. The monoisotopic (exact) mass is 340 g/mol. The Balaban J connectivity index is 1.96. The summed E-state index contributed by atoms with van der Waals surface area (Å²) in [4.78, 5) is 3.83. The maximum atomic E-state index is 11.9. The highest BCUT2D eigenvalue weighted by Gasteiger charge is 2.13. The van der Waals surface area contributed by atoms with Gasteiger partial charge in [-0.1, -0.05) is 34.1 Å². The molecule has 6 heteroatoms. The number of nitrogens with one attached hydrogen (secondary N) is 1. The summed E-state index contributed by atoms with van der Waals surface area (Å²) in [5.74, 6) is 0. The van der Waals surface area contributed by atoms with Gasteiger partial charge in [0, 0.05) is 17.2 Å². The normalized spacial score (nSPS) is 11.4. The number of hydrogen-bond donors (Lipinski definition) is 1. The topological polar surface area (TPSA) is 59.1 Å². The van der Waals surface area contributed by atoms with E-state index in [0.29, 0.717) is 13.0 Å². The van der Waals surface area contributed by atoms with Crippen LogP contribution in [0.2, 0.25) is 0 Å². The van der Waals surface area contributed by atoms with Crippen LogP contribution < -0.4 is 4.72 Å². The average Bonchev–Trinajstić information content (AvgIpc) is 2.40. The number of nitrogens with zero attached hydrogens (tertiary/aromatic N) is 1. The number of pyridine rings is 1. The molecule has 0 aliphatic carbocycles. The molecule has 0 saturated heterocycles. The van der Waals surface area contributed by atoms with E-state index < -0.39 is 10.0 Å². The fourth-order valence-electron chi connectivity index (χ4n) is 1.60. The van der Waals surface area contributed by atoms with E-state index in [1.54, 1.807) is 12.1 Å². The molecule has 0 bridgehead atoms. The third-order valence-electron chi connectivity index (χ3n) is 2.51. The fourth-order valence-corrected chi connectivity index (χ4v) is 3.02. The molecule has 0 aliphatic rings. The van der Waals surface area contributed by atoms with E-state index in [4.69, 9.17) is 0 Å². The average molecular weight is 341 g/mol. The summed E-state index contributed by atoms with van der Waals surface area (Å²) >= 11 is 3.38. The zero-order chi connectivity index (χ0) is 13.7. The summed E-state index contributed by atoms with van der Waals surface area (Å²) in [6, 6.07) is 12.6. The Kier molecular flexibility index (Phi) is 4.68. The summed E-state index contributed by atoms with van der Waals surface area (Å²) in [6.07, 6.45) is 2.09. The molecular formula is C13H13BrN2O2S. The Labute approximate surface area is 121 Å². The van der Waals surface area contributed by atoms with Gasteiger partial charge >= 0.3 is 0 Å². The van der Waals surface area contributed by atoms with Gasteiger partial charge in [0.25, 0.3) is 10.0 Å². The van der Waals surface area contributed by atoms with Crippen molar-refractivity contribution in [3.63, 3.8) is 0 Å². The van der Waals surface area contributed by atoms with Crippen molar-refractivity contribution in [2.24, 2.45) is 0 Å². The molecule has 1 heterocycles. The van der Waals surface area contributed by atoms with Crippen molar-refractivity contribution in [1.82, 2.24) is 9.71 Å². The van der Waals surface area contributed by atoms with Crippen LogP contribution in [0.15, 0.2) is 58.2 Å². The largest absolute Gasteiger partial charge is 0.258 e. The van der Waals surface area contributed by atoms with Crippen molar-refractivity contribution in [3.8, 4) is 0 Å². The lowest BCUT2D eigenvalue weighted by Crippen LogP contribution is -2.26. The molecular weight excluding hydrogens is 328 g/mol. The maximum Gasteiger partial charge on any atom is 0.258 e. The summed E-state index contributed by atoms with van der Waals surface area (Å²) in [6.45, 7) is 0.343. The molecule has 0 radical (unpaired) electrons. The first-order chi connectivity index (χ1) is 9.08. The van der Waals surface area contributed by atoms with Crippen LogP contribution in [-0.4, -0.2) is 19.9 Å². The van der Waals surface area contributed by atoms with Crippen LogP contribution in [0.5, 0.6) is 0 Å².